The predicted octanol–water partition coefficient (Wildman–Crippen LogP) is 2.62. The van der Waals surface area contributed by atoms with Gasteiger partial charge >= 0.3 is 0 Å². The zero-order valence-corrected chi connectivity index (χ0v) is 11.6. The summed E-state index contributed by atoms with van der Waals surface area (Å²) in [5.74, 6) is 0.327. The number of hydrogen-bond acceptors (Lipinski definition) is 3. The summed E-state index contributed by atoms with van der Waals surface area (Å²) in [6.07, 6.45) is 3.74. The molecule has 2 aromatic rings. The van der Waals surface area contributed by atoms with E-state index in [9.17, 15) is 5.11 Å². The molecule has 1 aromatic carbocycles. The molecule has 3 aliphatic carbocycles. The van der Waals surface area contributed by atoms with E-state index >= 15 is 0 Å². The Morgan fingerprint density at radius 2 is 2.25 bits per heavy atom. The molecule has 1 aromatic heterocycles. The van der Waals surface area contributed by atoms with Crippen molar-refractivity contribution in [2.45, 2.75) is 31.8 Å². The average molecular weight is 288 g/mol. The van der Waals surface area contributed by atoms with Gasteiger partial charge in [-0.25, -0.2) is 0 Å². The van der Waals surface area contributed by atoms with Crippen LogP contribution in [0.25, 0.3) is 16.6 Å². The monoisotopic (exact) mass is 287 g/mol. The maximum absolute atomic E-state index is 10.4. The van der Waals surface area contributed by atoms with Crippen LogP contribution in [0.3, 0.4) is 0 Å². The van der Waals surface area contributed by atoms with E-state index in [2.05, 4.69) is 21.5 Å². The third kappa shape index (κ3) is 1.14. The van der Waals surface area contributed by atoms with Crippen molar-refractivity contribution in [1.82, 2.24) is 15.4 Å². The van der Waals surface area contributed by atoms with Crippen molar-refractivity contribution < 1.29 is 5.11 Å². The summed E-state index contributed by atoms with van der Waals surface area (Å²) in [7, 11) is 0. The number of aliphatic hydroxyl groups is 1. The van der Waals surface area contributed by atoms with Gasteiger partial charge in [0.15, 0.2) is 0 Å². The molecule has 20 heavy (non-hydrogen) atoms. The summed E-state index contributed by atoms with van der Waals surface area (Å²) >= 11 is 6.53. The molecule has 3 atom stereocenters. The van der Waals surface area contributed by atoms with Crippen LogP contribution in [0.1, 0.15) is 30.4 Å². The Labute approximate surface area is 120 Å². The maximum atomic E-state index is 10.4. The van der Waals surface area contributed by atoms with Gasteiger partial charge in [0.05, 0.1) is 11.1 Å². The summed E-state index contributed by atoms with van der Waals surface area (Å²) in [6.45, 7) is 0. The average Bonchev–Trinajstić information content (AvgIpc) is 3.11. The second-order valence-electron chi connectivity index (χ2n) is 6.41. The lowest BCUT2D eigenvalue weighted by Gasteiger charge is -2.33. The first-order valence-corrected chi connectivity index (χ1v) is 7.48. The van der Waals surface area contributed by atoms with Gasteiger partial charge in [-0.15, -0.1) is 0 Å². The quantitative estimate of drug-likeness (QED) is 0.783. The fourth-order valence-electron chi connectivity index (χ4n) is 4.66. The SMILES string of the molecule is O[C@H]1C(Cl)=C2c3ccc4n[nH]nc4c3CC23CCC1C3. The molecule has 1 fully saturated rings. The van der Waals surface area contributed by atoms with Gasteiger partial charge in [0.25, 0.3) is 0 Å². The number of allylic oxidation sites excluding steroid dienone is 1. The van der Waals surface area contributed by atoms with Gasteiger partial charge in [-0.05, 0) is 54.4 Å². The Balaban J connectivity index is 1.86. The van der Waals surface area contributed by atoms with E-state index in [1.54, 1.807) is 0 Å². The Bertz CT molecular complexity index is 781. The van der Waals surface area contributed by atoms with Crippen LogP contribution in [0.5, 0.6) is 0 Å². The largest absolute Gasteiger partial charge is 0.387 e. The molecule has 3 aliphatic rings. The normalized spacial score (nSPS) is 34.7. The lowest BCUT2D eigenvalue weighted by molar-refractivity contribution is 0.138. The van der Waals surface area contributed by atoms with Crippen LogP contribution in [-0.2, 0) is 6.42 Å². The van der Waals surface area contributed by atoms with E-state index in [0.717, 1.165) is 36.7 Å². The number of benzene rings is 1. The lowest BCUT2D eigenvalue weighted by Crippen LogP contribution is -2.29. The first-order valence-electron chi connectivity index (χ1n) is 7.11. The van der Waals surface area contributed by atoms with Gasteiger partial charge in [-0.1, -0.05) is 17.7 Å². The molecule has 0 aliphatic heterocycles. The van der Waals surface area contributed by atoms with E-state index in [1.807, 2.05) is 6.07 Å². The molecular weight excluding hydrogens is 274 g/mol. The summed E-state index contributed by atoms with van der Waals surface area (Å²) in [5.41, 5.74) is 5.61. The second-order valence-corrected chi connectivity index (χ2v) is 6.82. The van der Waals surface area contributed by atoms with E-state index < -0.39 is 6.10 Å². The smallest absolute Gasteiger partial charge is 0.116 e. The highest BCUT2D eigenvalue weighted by Crippen LogP contribution is 2.64. The zero-order valence-electron chi connectivity index (χ0n) is 10.9. The fourth-order valence-corrected chi connectivity index (χ4v) is 5.14. The van der Waals surface area contributed by atoms with Crippen molar-refractivity contribution >= 4 is 28.2 Å². The number of nitrogens with one attached hydrogen (secondary N) is 1. The minimum atomic E-state index is -0.485. The minimum Gasteiger partial charge on any atom is -0.387 e. The van der Waals surface area contributed by atoms with Crippen LogP contribution in [0, 0.1) is 11.3 Å². The van der Waals surface area contributed by atoms with Crippen LogP contribution in [0.15, 0.2) is 17.2 Å². The minimum absolute atomic E-state index is 0.135. The topological polar surface area (TPSA) is 61.8 Å². The van der Waals surface area contributed by atoms with Crippen molar-refractivity contribution in [3.8, 4) is 0 Å². The van der Waals surface area contributed by atoms with Crippen molar-refractivity contribution in [1.29, 1.82) is 0 Å². The first kappa shape index (κ1) is 11.3. The maximum Gasteiger partial charge on any atom is 0.116 e. The molecular formula is C15H14ClN3O. The van der Waals surface area contributed by atoms with Crippen LogP contribution < -0.4 is 0 Å². The number of rotatable bonds is 0. The molecule has 0 radical (unpaired) electrons. The summed E-state index contributed by atoms with van der Waals surface area (Å²) in [4.78, 5) is 0. The highest BCUT2D eigenvalue weighted by atomic mass is 35.5. The standard InChI is InChI=1S/C15H14ClN3O/c16-12-11-8-1-2-10-13(18-19-17-10)9(8)6-15(11)4-3-7(5-15)14(12)20/h1-2,7,14,20H,3-6H2,(H,17,18,19)/t7?,14-,15?/m1/s1. The number of fused-ring (bicyclic) bond motifs is 5. The molecule has 0 amide bonds. The van der Waals surface area contributed by atoms with Gasteiger partial charge in [0.1, 0.15) is 11.0 Å². The van der Waals surface area contributed by atoms with Crippen LogP contribution in [0.4, 0.5) is 0 Å². The highest BCUT2D eigenvalue weighted by Gasteiger charge is 2.54. The highest BCUT2D eigenvalue weighted by molar-refractivity contribution is 6.34. The molecule has 1 saturated carbocycles. The van der Waals surface area contributed by atoms with Crippen molar-refractivity contribution in [2.75, 3.05) is 0 Å². The summed E-state index contributed by atoms with van der Waals surface area (Å²) in [5, 5.41) is 22.2. The van der Waals surface area contributed by atoms with Crippen molar-refractivity contribution in [3.05, 3.63) is 28.3 Å². The van der Waals surface area contributed by atoms with E-state index in [1.165, 1.54) is 16.7 Å². The van der Waals surface area contributed by atoms with Gasteiger partial charge in [-0.2, -0.15) is 15.4 Å². The zero-order chi connectivity index (χ0) is 13.5. The molecule has 4 nitrogen and oxygen atoms in total. The molecule has 5 heteroatoms. The molecule has 2 bridgehead atoms. The number of aromatic amines is 1. The third-order valence-electron chi connectivity index (χ3n) is 5.50. The molecule has 1 spiro atoms. The fraction of sp³-hybridized carbons (Fsp3) is 0.467. The number of hydrogen-bond donors (Lipinski definition) is 2. The number of nitrogens with zero attached hydrogens (tertiary/aromatic N) is 2. The Morgan fingerprint density at radius 3 is 3.15 bits per heavy atom. The molecule has 2 N–H and O–H groups in total. The number of H-pyrrole nitrogens is 1. The Kier molecular flexibility index (Phi) is 1.94. The summed E-state index contributed by atoms with van der Waals surface area (Å²) < 4.78 is 0. The number of halogens is 1. The third-order valence-corrected chi connectivity index (χ3v) is 5.91. The Hall–Kier alpha value is -1.39. The van der Waals surface area contributed by atoms with Gasteiger partial charge < -0.3 is 5.11 Å². The second kappa shape index (κ2) is 3.43. The van der Waals surface area contributed by atoms with E-state index in [4.69, 9.17) is 11.6 Å². The molecule has 5 rings (SSSR count). The molecule has 2 unspecified atom stereocenters. The number of aromatic nitrogens is 3. The van der Waals surface area contributed by atoms with Crippen LogP contribution in [-0.4, -0.2) is 26.6 Å². The van der Waals surface area contributed by atoms with Gasteiger partial charge in [0.2, 0.25) is 0 Å². The predicted molar refractivity (Wildman–Crippen MR) is 76.1 cm³/mol. The Morgan fingerprint density at radius 1 is 1.35 bits per heavy atom. The van der Waals surface area contributed by atoms with Crippen LogP contribution in [0.2, 0.25) is 0 Å². The summed E-state index contributed by atoms with van der Waals surface area (Å²) in [6, 6.07) is 4.08. The lowest BCUT2D eigenvalue weighted by atomic mass is 9.74. The van der Waals surface area contributed by atoms with Crippen molar-refractivity contribution in [2.24, 2.45) is 11.3 Å². The van der Waals surface area contributed by atoms with E-state index in [0.29, 0.717) is 11.0 Å². The van der Waals surface area contributed by atoms with Crippen LogP contribution >= 0.6 is 11.6 Å². The van der Waals surface area contributed by atoms with Gasteiger partial charge in [-0.3, -0.25) is 0 Å². The van der Waals surface area contributed by atoms with Gasteiger partial charge in [0, 0.05) is 5.41 Å². The van der Waals surface area contributed by atoms with Crippen molar-refractivity contribution in [3.63, 3.8) is 0 Å². The molecule has 0 saturated heterocycles. The number of aliphatic hydroxyl groups excluding tert-OH is 1. The first-order chi connectivity index (χ1) is 9.70. The molecule has 102 valence electrons. The van der Waals surface area contributed by atoms with E-state index in [-0.39, 0.29) is 5.41 Å². The molecule has 1 heterocycles.